The zero-order valence-electron chi connectivity index (χ0n) is 21.6. The van der Waals surface area contributed by atoms with Crippen LogP contribution in [0.25, 0.3) is 5.57 Å². The molecular weight excluding hydrogens is 446 g/mol. The second-order valence-electron chi connectivity index (χ2n) is 10.3. The normalized spacial score (nSPS) is 22.7. The van der Waals surface area contributed by atoms with E-state index in [4.69, 9.17) is 9.47 Å². The summed E-state index contributed by atoms with van der Waals surface area (Å²) in [6, 6.07) is -0.259. The average molecular weight is 488 g/mol. The molecular formula is C26H41N5O4. The molecule has 2 aliphatic carbocycles. The molecule has 1 N–H and O–H groups in total. The predicted molar refractivity (Wildman–Crippen MR) is 134 cm³/mol. The van der Waals surface area contributed by atoms with Gasteiger partial charge in [-0.1, -0.05) is 32.3 Å². The fourth-order valence-electron chi connectivity index (χ4n) is 5.55. The molecule has 4 rings (SSSR count). The van der Waals surface area contributed by atoms with Crippen molar-refractivity contribution < 1.29 is 19.1 Å². The number of amides is 1. The summed E-state index contributed by atoms with van der Waals surface area (Å²) in [4.78, 5) is 33.3. The Morgan fingerprint density at radius 2 is 2.09 bits per heavy atom. The maximum Gasteiger partial charge on any atom is 0.255 e. The monoisotopic (exact) mass is 487 g/mol. The minimum Gasteiger partial charge on any atom is -0.383 e. The molecule has 9 nitrogen and oxygen atoms in total. The Balaban J connectivity index is 1.47. The summed E-state index contributed by atoms with van der Waals surface area (Å²) < 4.78 is 13.2. The lowest BCUT2D eigenvalue weighted by atomic mass is 9.83. The van der Waals surface area contributed by atoms with Crippen LogP contribution in [0.2, 0.25) is 0 Å². The number of nitrogens with zero attached hydrogens (tertiary/aromatic N) is 4. The van der Waals surface area contributed by atoms with Gasteiger partial charge in [0.05, 0.1) is 31.7 Å². The molecule has 1 aromatic heterocycles. The van der Waals surface area contributed by atoms with Gasteiger partial charge in [-0.15, -0.1) is 5.10 Å². The lowest BCUT2D eigenvalue weighted by Gasteiger charge is -2.42. The van der Waals surface area contributed by atoms with Gasteiger partial charge >= 0.3 is 0 Å². The molecule has 3 aliphatic rings. The number of hydrogen-bond acceptors (Lipinski definition) is 7. The number of carbonyl (C=O) groups is 2. The van der Waals surface area contributed by atoms with E-state index >= 15 is 0 Å². The Labute approximate surface area is 208 Å². The Morgan fingerprint density at radius 1 is 1.29 bits per heavy atom. The number of hydrogen-bond donors (Lipinski definition) is 1. The van der Waals surface area contributed by atoms with Gasteiger partial charge in [-0.3, -0.25) is 9.59 Å². The summed E-state index contributed by atoms with van der Waals surface area (Å²) in [5.74, 6) is 1.08. The number of methoxy groups -OCH3 is 1. The van der Waals surface area contributed by atoms with Crippen molar-refractivity contribution in [1.82, 2.24) is 19.7 Å². The quantitative estimate of drug-likeness (QED) is 0.531. The molecule has 1 fully saturated rings. The summed E-state index contributed by atoms with van der Waals surface area (Å²) in [6.07, 6.45) is 12.1. The minimum atomic E-state index is -0.844. The van der Waals surface area contributed by atoms with Crippen molar-refractivity contribution in [3.05, 3.63) is 11.9 Å². The van der Waals surface area contributed by atoms with Crippen LogP contribution in [0.3, 0.4) is 0 Å². The van der Waals surface area contributed by atoms with Crippen LogP contribution in [-0.2, 0) is 14.3 Å². The molecule has 35 heavy (non-hydrogen) atoms. The molecule has 1 aliphatic heterocycles. The first-order chi connectivity index (χ1) is 17.0. The van der Waals surface area contributed by atoms with E-state index in [2.05, 4.69) is 28.4 Å². The van der Waals surface area contributed by atoms with Crippen molar-refractivity contribution >= 4 is 23.3 Å². The summed E-state index contributed by atoms with van der Waals surface area (Å²) in [7, 11) is 1.67. The van der Waals surface area contributed by atoms with E-state index in [1.54, 1.807) is 7.11 Å². The molecule has 0 radical (unpaired) electrons. The summed E-state index contributed by atoms with van der Waals surface area (Å²) in [5.41, 5.74) is 0.275. The van der Waals surface area contributed by atoms with Gasteiger partial charge in [-0.2, -0.15) is 9.67 Å². The molecule has 194 valence electrons. The molecule has 0 saturated heterocycles. The molecule has 1 unspecified atom stereocenters. The van der Waals surface area contributed by atoms with Crippen LogP contribution in [-0.4, -0.2) is 76.0 Å². The van der Waals surface area contributed by atoms with Crippen molar-refractivity contribution in [3.8, 4) is 0 Å². The van der Waals surface area contributed by atoms with Gasteiger partial charge in [0.25, 0.3) is 11.8 Å². The summed E-state index contributed by atoms with van der Waals surface area (Å²) >= 11 is 0. The van der Waals surface area contributed by atoms with Gasteiger partial charge in [0.2, 0.25) is 5.95 Å². The fraction of sp³-hybridized carbons (Fsp3) is 0.769. The molecule has 0 aromatic carbocycles. The van der Waals surface area contributed by atoms with Crippen LogP contribution in [0.5, 0.6) is 0 Å². The average Bonchev–Trinajstić information content (AvgIpc) is 3.32. The number of anilines is 1. The third kappa shape index (κ3) is 5.77. The first-order valence-electron chi connectivity index (χ1n) is 13.4. The minimum absolute atomic E-state index is 0.0182. The zero-order chi connectivity index (χ0) is 24.8. The van der Waals surface area contributed by atoms with Crippen LogP contribution in [0.1, 0.15) is 95.1 Å². The lowest BCUT2D eigenvalue weighted by molar-refractivity contribution is -0.167. The van der Waals surface area contributed by atoms with Crippen LogP contribution >= 0.6 is 0 Å². The second-order valence-corrected chi connectivity index (χ2v) is 10.3. The molecule has 2 heterocycles. The molecule has 1 saturated carbocycles. The van der Waals surface area contributed by atoms with Crippen molar-refractivity contribution in [3.63, 3.8) is 0 Å². The Kier molecular flexibility index (Phi) is 8.59. The van der Waals surface area contributed by atoms with Gasteiger partial charge in [0.15, 0.2) is 5.82 Å². The highest BCUT2D eigenvalue weighted by atomic mass is 16.5. The third-order valence-electron chi connectivity index (χ3n) is 7.45. The van der Waals surface area contributed by atoms with Crippen molar-refractivity contribution in [2.75, 3.05) is 32.2 Å². The highest BCUT2D eigenvalue weighted by Gasteiger charge is 2.45. The van der Waals surface area contributed by atoms with E-state index in [9.17, 15) is 9.59 Å². The number of rotatable bonds is 10. The number of ether oxygens (including phenoxy) is 2. The van der Waals surface area contributed by atoms with Crippen molar-refractivity contribution in [2.45, 2.75) is 102 Å². The molecule has 0 spiro atoms. The molecule has 2 atom stereocenters. The number of allylic oxidation sites excluding steroid dienone is 2. The molecule has 0 bridgehead atoms. The SMILES string of the molecule is CCCN(C(=O)C1(OCC2CC(=O)n3nc(C4=CCCCC4)nc3N2)CCCCC1)[C@@H](C)COC. The lowest BCUT2D eigenvalue weighted by Crippen LogP contribution is -2.56. The van der Waals surface area contributed by atoms with Crippen LogP contribution in [0, 0.1) is 0 Å². The number of nitrogens with one attached hydrogen (secondary N) is 1. The number of fused-ring (bicyclic) bond motifs is 1. The Hall–Kier alpha value is -2.26. The first-order valence-corrected chi connectivity index (χ1v) is 13.4. The Morgan fingerprint density at radius 3 is 2.77 bits per heavy atom. The number of aromatic nitrogens is 3. The van der Waals surface area contributed by atoms with Gasteiger partial charge in [-0.05, 0) is 57.4 Å². The largest absolute Gasteiger partial charge is 0.383 e. The third-order valence-corrected chi connectivity index (χ3v) is 7.45. The van der Waals surface area contributed by atoms with E-state index in [1.807, 2.05) is 11.8 Å². The van der Waals surface area contributed by atoms with Gasteiger partial charge in [0.1, 0.15) is 5.60 Å². The van der Waals surface area contributed by atoms with E-state index in [-0.39, 0.29) is 36.9 Å². The van der Waals surface area contributed by atoms with Gasteiger partial charge in [-0.25, -0.2) is 0 Å². The van der Waals surface area contributed by atoms with E-state index in [1.165, 1.54) is 11.1 Å². The molecule has 1 amide bonds. The number of carbonyl (C=O) groups excluding carboxylic acids is 2. The van der Waals surface area contributed by atoms with Crippen LogP contribution in [0.4, 0.5) is 5.95 Å². The Bertz CT molecular complexity index is 921. The van der Waals surface area contributed by atoms with Crippen molar-refractivity contribution in [2.24, 2.45) is 0 Å². The molecule has 1 aromatic rings. The van der Waals surface area contributed by atoms with E-state index < -0.39 is 5.60 Å². The maximum absolute atomic E-state index is 13.9. The molecule has 9 heteroatoms. The first kappa shape index (κ1) is 25.8. The van der Waals surface area contributed by atoms with Crippen LogP contribution < -0.4 is 5.32 Å². The van der Waals surface area contributed by atoms with Gasteiger partial charge in [0, 0.05) is 13.7 Å². The van der Waals surface area contributed by atoms with E-state index in [0.717, 1.165) is 50.5 Å². The maximum atomic E-state index is 13.9. The summed E-state index contributed by atoms with van der Waals surface area (Å²) in [6.45, 7) is 5.56. The fourth-order valence-corrected chi connectivity index (χ4v) is 5.55. The predicted octanol–water partition coefficient (Wildman–Crippen LogP) is 4.05. The summed E-state index contributed by atoms with van der Waals surface area (Å²) in [5, 5.41) is 7.83. The smallest absolute Gasteiger partial charge is 0.255 e. The highest BCUT2D eigenvalue weighted by Crippen LogP contribution is 2.35. The standard InChI is InChI=1S/C26H41N5O4/c1-4-15-30(19(2)17-34-3)24(33)26(13-9-6-10-14-26)35-18-21-16-22(32)31-25(27-21)28-23(29-31)20-11-7-5-8-12-20/h11,19,21H,4-10,12-18H2,1-3H3,(H,27,28,29)/t19-,21?/m0/s1. The van der Waals surface area contributed by atoms with Crippen LogP contribution in [0.15, 0.2) is 6.08 Å². The topological polar surface area (TPSA) is 98.6 Å². The highest BCUT2D eigenvalue weighted by molar-refractivity contribution is 5.86. The zero-order valence-corrected chi connectivity index (χ0v) is 21.6. The van der Waals surface area contributed by atoms with Crippen molar-refractivity contribution in [1.29, 1.82) is 0 Å². The second kappa shape index (κ2) is 11.6. The van der Waals surface area contributed by atoms with Gasteiger partial charge < -0.3 is 19.7 Å². The van der Waals surface area contributed by atoms with E-state index in [0.29, 0.717) is 37.8 Å².